The highest BCUT2D eigenvalue weighted by Crippen LogP contribution is 2.52. The van der Waals surface area contributed by atoms with E-state index in [0.717, 1.165) is 56.2 Å². The molecule has 7 heteroatoms. The molecule has 1 amide bonds. The van der Waals surface area contributed by atoms with Gasteiger partial charge in [0.05, 0.1) is 23.9 Å². The highest BCUT2D eigenvalue weighted by Gasteiger charge is 2.52. The van der Waals surface area contributed by atoms with Crippen LogP contribution in [-0.2, 0) is 10.2 Å². The summed E-state index contributed by atoms with van der Waals surface area (Å²) in [5.41, 5.74) is 3.74. The second-order valence-corrected chi connectivity index (χ2v) is 11.0. The van der Waals surface area contributed by atoms with E-state index in [1.165, 1.54) is 24.0 Å². The maximum absolute atomic E-state index is 13.5. The first kappa shape index (κ1) is 20.3. The smallest absolute Gasteiger partial charge is 0.253 e. The van der Waals surface area contributed by atoms with E-state index in [2.05, 4.69) is 69.0 Å². The van der Waals surface area contributed by atoms with Gasteiger partial charge in [0.2, 0.25) is 0 Å². The third-order valence-corrected chi connectivity index (χ3v) is 8.74. The van der Waals surface area contributed by atoms with Crippen LogP contribution in [0, 0.1) is 5.92 Å². The predicted molar refractivity (Wildman–Crippen MR) is 132 cm³/mol. The Kier molecular flexibility index (Phi) is 4.31. The number of anilines is 1. The number of piperidine rings is 2. The van der Waals surface area contributed by atoms with Crippen molar-refractivity contribution in [3.63, 3.8) is 0 Å². The first-order valence-corrected chi connectivity index (χ1v) is 12.6. The summed E-state index contributed by atoms with van der Waals surface area (Å²) >= 11 is 0. The first-order chi connectivity index (χ1) is 16.5. The Bertz CT molecular complexity index is 1210. The highest BCUT2D eigenvalue weighted by atomic mass is 16.2. The van der Waals surface area contributed by atoms with Gasteiger partial charge in [-0.3, -0.25) is 4.79 Å². The number of fused-ring (bicyclic) bond motifs is 4. The van der Waals surface area contributed by atoms with Gasteiger partial charge < -0.3 is 20.4 Å². The van der Waals surface area contributed by atoms with E-state index in [1.807, 2.05) is 16.9 Å². The minimum atomic E-state index is -0.0985. The number of nitrogens with zero attached hydrogens (tertiary/aromatic N) is 4. The number of rotatable bonds is 3. The predicted octanol–water partition coefficient (Wildman–Crippen LogP) is 3.01. The number of carbonyl (C=O) groups is 1. The quantitative estimate of drug-likeness (QED) is 0.743. The minimum absolute atomic E-state index is 0.0985. The summed E-state index contributed by atoms with van der Waals surface area (Å²) in [6.45, 7) is 6.65. The Morgan fingerprint density at radius 1 is 1.15 bits per heavy atom. The molecule has 6 heterocycles. The standard InChI is InChI=1S/C27H32N6O/c1-26-9-12-28-10-7-22(26)24(33-23(30-26)8-11-29-33)31-16-20(17-31)25(34)32-15-19-13-27(14-19,18-32)21-5-3-2-4-6-21/h2-6,8,11,16,19,28,30H,7,9-10,12-15,17-18H2,1H3. The van der Waals surface area contributed by atoms with E-state index in [0.29, 0.717) is 12.5 Å². The van der Waals surface area contributed by atoms with Crippen molar-refractivity contribution in [3.8, 4) is 0 Å². The van der Waals surface area contributed by atoms with Gasteiger partial charge in [0.1, 0.15) is 11.6 Å². The topological polar surface area (TPSA) is 65.4 Å². The summed E-state index contributed by atoms with van der Waals surface area (Å²) < 4.78 is 2.01. The van der Waals surface area contributed by atoms with Crippen molar-refractivity contribution in [1.82, 2.24) is 24.9 Å². The molecule has 3 saturated heterocycles. The monoisotopic (exact) mass is 456 g/mol. The van der Waals surface area contributed by atoms with Gasteiger partial charge in [-0.1, -0.05) is 30.3 Å². The van der Waals surface area contributed by atoms with Gasteiger partial charge in [0, 0.05) is 30.8 Å². The Balaban J connectivity index is 1.15. The van der Waals surface area contributed by atoms with Crippen molar-refractivity contribution in [2.24, 2.45) is 5.92 Å². The molecule has 2 N–H and O–H groups in total. The molecule has 1 aromatic carbocycles. The van der Waals surface area contributed by atoms with Crippen LogP contribution >= 0.6 is 0 Å². The number of amides is 1. The van der Waals surface area contributed by atoms with Crippen LogP contribution in [-0.4, -0.2) is 63.8 Å². The number of hydrogen-bond donors (Lipinski definition) is 2. The molecule has 2 bridgehead atoms. The molecule has 8 rings (SSSR count). The average Bonchev–Trinajstić information content (AvgIpc) is 3.17. The molecule has 1 aliphatic carbocycles. The van der Waals surface area contributed by atoms with Crippen LogP contribution in [0.2, 0.25) is 0 Å². The van der Waals surface area contributed by atoms with E-state index >= 15 is 0 Å². The second kappa shape index (κ2) is 7.22. The number of benzene rings is 1. The van der Waals surface area contributed by atoms with Gasteiger partial charge >= 0.3 is 0 Å². The molecular formula is C27H32N6O. The summed E-state index contributed by atoms with van der Waals surface area (Å²) in [7, 11) is 0. The molecule has 34 heavy (non-hydrogen) atoms. The molecular weight excluding hydrogens is 424 g/mol. The fraction of sp³-hybridized carbons (Fsp3) is 0.481. The van der Waals surface area contributed by atoms with E-state index < -0.39 is 0 Å². The Morgan fingerprint density at radius 2 is 1.97 bits per heavy atom. The van der Waals surface area contributed by atoms with Gasteiger partial charge in [0.25, 0.3) is 5.91 Å². The van der Waals surface area contributed by atoms with Crippen LogP contribution in [0.4, 0.5) is 5.82 Å². The van der Waals surface area contributed by atoms with E-state index in [1.54, 1.807) is 0 Å². The van der Waals surface area contributed by atoms with Crippen molar-refractivity contribution in [2.45, 2.75) is 43.6 Å². The van der Waals surface area contributed by atoms with Crippen LogP contribution < -0.4 is 10.6 Å². The molecule has 7 nitrogen and oxygen atoms in total. The minimum Gasteiger partial charge on any atom is -0.361 e. The first-order valence-electron chi connectivity index (χ1n) is 12.6. The number of hydrogen-bond acceptors (Lipinski definition) is 5. The summed E-state index contributed by atoms with van der Waals surface area (Å²) in [6.07, 6.45) is 8.34. The van der Waals surface area contributed by atoms with Gasteiger partial charge in [-0.05, 0) is 62.8 Å². The van der Waals surface area contributed by atoms with E-state index in [-0.39, 0.29) is 16.9 Å². The molecule has 0 spiro atoms. The lowest BCUT2D eigenvalue weighted by Gasteiger charge is -2.57. The van der Waals surface area contributed by atoms with Crippen molar-refractivity contribution in [3.05, 3.63) is 65.5 Å². The van der Waals surface area contributed by atoms with E-state index in [9.17, 15) is 4.79 Å². The van der Waals surface area contributed by atoms with E-state index in [4.69, 9.17) is 0 Å². The van der Waals surface area contributed by atoms with Gasteiger partial charge in [0.15, 0.2) is 0 Å². The largest absolute Gasteiger partial charge is 0.361 e. The lowest BCUT2D eigenvalue weighted by Crippen LogP contribution is -2.61. The molecule has 176 valence electrons. The van der Waals surface area contributed by atoms with Crippen LogP contribution in [0.1, 0.15) is 38.2 Å². The number of nitrogens with one attached hydrogen (secondary N) is 2. The van der Waals surface area contributed by atoms with Crippen LogP contribution in [0.5, 0.6) is 0 Å². The zero-order valence-corrected chi connectivity index (χ0v) is 19.8. The maximum atomic E-state index is 13.5. The fourth-order valence-corrected chi connectivity index (χ4v) is 7.00. The zero-order chi connectivity index (χ0) is 22.9. The molecule has 6 aliphatic rings. The van der Waals surface area contributed by atoms with Crippen LogP contribution in [0.15, 0.2) is 59.9 Å². The second-order valence-electron chi connectivity index (χ2n) is 11.0. The van der Waals surface area contributed by atoms with Crippen LogP contribution in [0.25, 0.3) is 5.82 Å². The normalized spacial score (nSPS) is 31.9. The summed E-state index contributed by atoms with van der Waals surface area (Å²) in [5, 5.41) is 11.9. The molecule has 1 atom stereocenters. The molecule has 5 aliphatic heterocycles. The van der Waals surface area contributed by atoms with Gasteiger partial charge in [-0.2, -0.15) is 5.10 Å². The average molecular weight is 457 g/mol. The Labute approximate surface area is 200 Å². The van der Waals surface area contributed by atoms with Gasteiger partial charge in [-0.25, -0.2) is 4.68 Å². The Morgan fingerprint density at radius 3 is 2.79 bits per heavy atom. The lowest BCUT2D eigenvalue weighted by molar-refractivity contribution is -0.136. The number of carbonyl (C=O) groups excluding carboxylic acids is 1. The molecule has 4 fully saturated rings. The summed E-state index contributed by atoms with van der Waals surface area (Å²) in [6, 6.07) is 12.8. The maximum Gasteiger partial charge on any atom is 0.253 e. The van der Waals surface area contributed by atoms with Crippen molar-refractivity contribution < 1.29 is 4.79 Å². The fourth-order valence-electron chi connectivity index (χ4n) is 7.00. The van der Waals surface area contributed by atoms with Crippen LogP contribution in [0.3, 0.4) is 0 Å². The SMILES string of the molecule is CC12CCNCCC1=C(N1C=C(C(=O)N3CC4CC(c5ccccc5)(C4)C3)C1)n1nccc1N2. The molecule has 1 saturated carbocycles. The zero-order valence-electron chi connectivity index (χ0n) is 19.8. The summed E-state index contributed by atoms with van der Waals surface area (Å²) in [4.78, 5) is 17.9. The van der Waals surface area contributed by atoms with Gasteiger partial charge in [-0.15, -0.1) is 0 Å². The van der Waals surface area contributed by atoms with Crippen molar-refractivity contribution in [1.29, 1.82) is 0 Å². The third-order valence-electron chi connectivity index (χ3n) is 8.74. The summed E-state index contributed by atoms with van der Waals surface area (Å²) in [5.74, 6) is 3.00. The third kappa shape index (κ3) is 2.92. The Hall–Kier alpha value is -3.06. The van der Waals surface area contributed by atoms with Crippen molar-refractivity contribution in [2.75, 3.05) is 38.0 Å². The number of aromatic nitrogens is 2. The molecule has 1 aromatic heterocycles. The van der Waals surface area contributed by atoms with Crippen molar-refractivity contribution >= 4 is 17.5 Å². The lowest BCUT2D eigenvalue weighted by atomic mass is 9.55. The molecule has 1 unspecified atom stereocenters. The molecule has 2 aromatic rings. The molecule has 0 radical (unpaired) electrons. The highest BCUT2D eigenvalue weighted by molar-refractivity contribution is 5.96.